The first kappa shape index (κ1) is 22.8. The lowest BCUT2D eigenvalue weighted by atomic mass is 9.77. The lowest BCUT2D eigenvalue weighted by Crippen LogP contribution is -2.50. The van der Waals surface area contributed by atoms with E-state index in [1.165, 1.54) is 24.3 Å². The van der Waals surface area contributed by atoms with Crippen LogP contribution in [0.1, 0.15) is 30.2 Å². The van der Waals surface area contributed by atoms with Crippen LogP contribution in [0.15, 0.2) is 40.3 Å². The highest BCUT2D eigenvalue weighted by Crippen LogP contribution is 2.44. The predicted molar refractivity (Wildman–Crippen MR) is 100 cm³/mol. The van der Waals surface area contributed by atoms with Crippen molar-refractivity contribution in [3.8, 4) is 0 Å². The molecule has 3 rings (SSSR count). The summed E-state index contributed by atoms with van der Waals surface area (Å²) in [5.41, 5.74) is -2.61. The fourth-order valence-corrected chi connectivity index (χ4v) is 5.91. The van der Waals surface area contributed by atoms with E-state index in [0.29, 0.717) is 17.1 Å². The van der Waals surface area contributed by atoms with Crippen molar-refractivity contribution in [3.63, 3.8) is 0 Å². The number of hydrogen-bond acceptors (Lipinski definition) is 5. The Morgan fingerprint density at radius 3 is 2.17 bits per heavy atom. The molecule has 2 aromatic rings. The summed E-state index contributed by atoms with van der Waals surface area (Å²) < 4.78 is 99.8. The van der Waals surface area contributed by atoms with Gasteiger partial charge in [0, 0.05) is 17.8 Å². The average Bonchev–Trinajstić information content (AvgIpc) is 3.01. The van der Waals surface area contributed by atoms with Gasteiger partial charge in [-0.1, -0.05) is 17.7 Å². The maximum atomic E-state index is 13.3. The smallest absolute Gasteiger partial charge is 0.380 e. The summed E-state index contributed by atoms with van der Waals surface area (Å²) in [6, 6.07) is 5.61. The minimum atomic E-state index is -4.96. The van der Waals surface area contributed by atoms with E-state index < -0.39 is 49.2 Å². The second-order valence-corrected chi connectivity index (χ2v) is 10.8. The van der Waals surface area contributed by atoms with Crippen LogP contribution in [-0.4, -0.2) is 42.2 Å². The number of nitrogens with zero attached hydrogens (tertiary/aromatic N) is 1. The van der Waals surface area contributed by atoms with Crippen molar-refractivity contribution in [2.45, 2.75) is 54.7 Å². The van der Waals surface area contributed by atoms with Crippen LogP contribution in [0.25, 0.3) is 0 Å². The van der Waals surface area contributed by atoms with Crippen molar-refractivity contribution in [1.29, 1.82) is 0 Å². The standard InChI is InChI=1S/C18H20F3NO6S2/c1-11-3-6-13(7-4-11)29(24,25)22-10-16(30(26,27)28)14-8-5-12(9-15(14)22)17(2,23)18(19,20)21/h3-4,6-7,10,12,23H,5,8-9H2,1-2H3,(H,26,27,28). The van der Waals surface area contributed by atoms with Crippen molar-refractivity contribution in [1.82, 2.24) is 3.97 Å². The molecule has 1 heterocycles. The summed E-state index contributed by atoms with van der Waals surface area (Å²) in [7, 11) is -9.19. The van der Waals surface area contributed by atoms with Crippen LogP contribution in [0.3, 0.4) is 0 Å². The lowest BCUT2D eigenvalue weighted by Gasteiger charge is -2.37. The molecule has 12 heteroatoms. The van der Waals surface area contributed by atoms with Crippen LogP contribution in [-0.2, 0) is 33.0 Å². The average molecular weight is 467 g/mol. The number of aromatic nitrogens is 1. The number of benzene rings is 1. The minimum absolute atomic E-state index is 0.0672. The van der Waals surface area contributed by atoms with E-state index in [9.17, 15) is 39.7 Å². The molecule has 7 nitrogen and oxygen atoms in total. The number of hydrogen-bond donors (Lipinski definition) is 2. The van der Waals surface area contributed by atoms with Gasteiger partial charge in [0.05, 0.1) is 4.90 Å². The first-order chi connectivity index (χ1) is 13.6. The van der Waals surface area contributed by atoms with Gasteiger partial charge in [-0.3, -0.25) is 4.55 Å². The maximum Gasteiger partial charge on any atom is 0.417 e. The Balaban J connectivity index is 2.20. The van der Waals surface area contributed by atoms with E-state index in [2.05, 4.69) is 0 Å². The highest BCUT2D eigenvalue weighted by Gasteiger charge is 2.55. The third-order valence-electron chi connectivity index (χ3n) is 5.55. The molecule has 0 radical (unpaired) electrons. The highest BCUT2D eigenvalue weighted by molar-refractivity contribution is 7.90. The van der Waals surface area contributed by atoms with Crippen molar-refractivity contribution >= 4 is 20.1 Å². The van der Waals surface area contributed by atoms with Gasteiger partial charge in [0.25, 0.3) is 20.1 Å². The van der Waals surface area contributed by atoms with Gasteiger partial charge in [0.15, 0.2) is 5.60 Å². The molecule has 1 aromatic carbocycles. The quantitative estimate of drug-likeness (QED) is 0.669. The zero-order valence-electron chi connectivity index (χ0n) is 16.0. The molecule has 1 aliphatic rings. The van der Waals surface area contributed by atoms with Crippen LogP contribution in [0.4, 0.5) is 13.2 Å². The fraction of sp³-hybridized carbons (Fsp3) is 0.444. The summed E-state index contributed by atoms with van der Waals surface area (Å²) in [4.78, 5) is -0.865. The van der Waals surface area contributed by atoms with E-state index in [1.54, 1.807) is 6.92 Å². The predicted octanol–water partition coefficient (Wildman–Crippen LogP) is 2.70. The molecule has 1 aliphatic carbocycles. The van der Waals surface area contributed by atoms with Gasteiger partial charge in [-0.15, -0.1) is 0 Å². The van der Waals surface area contributed by atoms with Gasteiger partial charge >= 0.3 is 6.18 Å². The van der Waals surface area contributed by atoms with E-state index in [0.717, 1.165) is 5.56 Å². The van der Waals surface area contributed by atoms with Crippen LogP contribution in [0, 0.1) is 12.8 Å². The molecule has 0 amide bonds. The van der Waals surface area contributed by atoms with Crippen molar-refractivity contribution in [3.05, 3.63) is 47.3 Å². The first-order valence-corrected chi connectivity index (χ1v) is 11.8. The minimum Gasteiger partial charge on any atom is -0.380 e. The largest absolute Gasteiger partial charge is 0.417 e. The third kappa shape index (κ3) is 3.77. The molecule has 0 bridgehead atoms. The van der Waals surface area contributed by atoms with Crippen molar-refractivity contribution < 1.29 is 39.7 Å². The SMILES string of the molecule is Cc1ccc(S(=O)(=O)n2cc(S(=O)(=O)O)c3c2CC(C(C)(O)C(F)(F)F)CC3)cc1. The van der Waals surface area contributed by atoms with Crippen LogP contribution < -0.4 is 0 Å². The zero-order valence-corrected chi connectivity index (χ0v) is 17.6. The number of rotatable bonds is 4. The molecular weight excluding hydrogens is 447 g/mol. The lowest BCUT2D eigenvalue weighted by molar-refractivity contribution is -0.273. The van der Waals surface area contributed by atoms with E-state index >= 15 is 0 Å². The summed E-state index contributed by atoms with van der Waals surface area (Å²) >= 11 is 0. The summed E-state index contributed by atoms with van der Waals surface area (Å²) in [6.07, 6.45) is -5.29. The van der Waals surface area contributed by atoms with Gasteiger partial charge in [0.1, 0.15) is 4.90 Å². The van der Waals surface area contributed by atoms with E-state index in [4.69, 9.17) is 0 Å². The molecule has 0 aliphatic heterocycles. The van der Waals surface area contributed by atoms with E-state index in [-0.39, 0.29) is 29.0 Å². The van der Waals surface area contributed by atoms with Gasteiger partial charge in [-0.25, -0.2) is 12.4 Å². The van der Waals surface area contributed by atoms with Gasteiger partial charge < -0.3 is 5.11 Å². The Morgan fingerprint density at radius 2 is 1.67 bits per heavy atom. The van der Waals surface area contributed by atoms with Gasteiger partial charge in [-0.05, 0) is 50.8 Å². The molecule has 0 spiro atoms. The molecular formula is C18H20F3NO6S2. The number of halogens is 3. The van der Waals surface area contributed by atoms with Gasteiger partial charge in [0.2, 0.25) is 0 Å². The molecule has 1 aromatic heterocycles. The summed E-state index contributed by atoms with van der Waals surface area (Å²) in [5.74, 6) is -1.40. The van der Waals surface area contributed by atoms with Gasteiger partial charge in [-0.2, -0.15) is 21.6 Å². The molecule has 30 heavy (non-hydrogen) atoms. The number of alkyl halides is 3. The topological polar surface area (TPSA) is 114 Å². The molecule has 0 fully saturated rings. The fourth-order valence-electron chi connectivity index (χ4n) is 3.64. The number of aryl methyl sites for hydroxylation is 1. The van der Waals surface area contributed by atoms with Crippen LogP contribution in [0.2, 0.25) is 0 Å². The Hall–Kier alpha value is -1.89. The highest BCUT2D eigenvalue weighted by atomic mass is 32.2. The Kier molecular flexibility index (Phi) is 5.37. The summed E-state index contributed by atoms with van der Waals surface area (Å²) in [5, 5.41) is 10.1. The van der Waals surface area contributed by atoms with Crippen LogP contribution >= 0.6 is 0 Å². The van der Waals surface area contributed by atoms with Crippen molar-refractivity contribution in [2.24, 2.45) is 5.92 Å². The summed E-state index contributed by atoms with van der Waals surface area (Å²) in [6.45, 7) is 2.34. The number of fused-ring (bicyclic) bond motifs is 1. The Labute approximate surface area is 172 Å². The second-order valence-electron chi connectivity index (χ2n) is 7.59. The Bertz CT molecular complexity index is 1180. The first-order valence-electron chi connectivity index (χ1n) is 8.88. The maximum absolute atomic E-state index is 13.3. The molecule has 2 N–H and O–H groups in total. The third-order valence-corrected chi connectivity index (χ3v) is 8.17. The van der Waals surface area contributed by atoms with E-state index in [1.807, 2.05) is 0 Å². The molecule has 0 saturated heterocycles. The second kappa shape index (κ2) is 7.08. The molecule has 0 saturated carbocycles. The molecule has 166 valence electrons. The molecule has 2 atom stereocenters. The Morgan fingerprint density at radius 1 is 1.10 bits per heavy atom. The van der Waals surface area contributed by atoms with Crippen LogP contribution in [0.5, 0.6) is 0 Å². The monoisotopic (exact) mass is 467 g/mol. The van der Waals surface area contributed by atoms with Crippen molar-refractivity contribution in [2.75, 3.05) is 0 Å². The normalized spacial score (nSPS) is 19.9. The number of aliphatic hydroxyl groups is 1. The zero-order chi connectivity index (χ0) is 22.7. The molecule has 2 unspecified atom stereocenters.